The van der Waals surface area contributed by atoms with Crippen LogP contribution in [0.1, 0.15) is 17.3 Å². The second-order valence-corrected chi connectivity index (χ2v) is 6.28. The van der Waals surface area contributed by atoms with Crippen LogP contribution in [0.2, 0.25) is 0 Å². The summed E-state index contributed by atoms with van der Waals surface area (Å²) >= 11 is 0. The molecule has 0 saturated carbocycles. The molecule has 0 radical (unpaired) electrons. The summed E-state index contributed by atoms with van der Waals surface area (Å²) in [5.41, 5.74) is 0.704. The third kappa shape index (κ3) is 4.64. The number of rotatable bonds is 5. The summed E-state index contributed by atoms with van der Waals surface area (Å²) in [4.78, 5) is 26.4. The molecule has 148 valence electrons. The fraction of sp³-hybridized carbons (Fsp3) is 0.300. The molecule has 1 amide bonds. The lowest BCUT2D eigenvalue weighted by Crippen LogP contribution is -2.36. The van der Waals surface area contributed by atoms with Crippen molar-refractivity contribution in [3.63, 3.8) is 0 Å². The van der Waals surface area contributed by atoms with Crippen LogP contribution in [-0.4, -0.2) is 44.3 Å². The van der Waals surface area contributed by atoms with Gasteiger partial charge in [0.25, 0.3) is 5.91 Å². The lowest BCUT2D eigenvalue weighted by molar-refractivity contribution is -0.123. The van der Waals surface area contributed by atoms with Crippen molar-refractivity contribution in [2.75, 3.05) is 36.5 Å². The van der Waals surface area contributed by atoms with Crippen molar-refractivity contribution in [3.05, 3.63) is 59.7 Å². The fourth-order valence-electron chi connectivity index (χ4n) is 2.79. The fourth-order valence-corrected chi connectivity index (χ4v) is 2.79. The van der Waals surface area contributed by atoms with Gasteiger partial charge in [0.05, 0.1) is 13.2 Å². The number of ether oxygens (including phenoxy) is 2. The average molecular weight is 390 g/mol. The third-order valence-electron chi connectivity index (χ3n) is 4.33. The van der Waals surface area contributed by atoms with E-state index in [1.807, 2.05) is 12.1 Å². The molecule has 2 aromatic carbocycles. The summed E-state index contributed by atoms with van der Waals surface area (Å²) in [6.07, 6.45) is -1.23. The lowest BCUT2D eigenvalue weighted by Gasteiger charge is -2.28. The van der Waals surface area contributed by atoms with E-state index in [9.17, 15) is 18.4 Å². The van der Waals surface area contributed by atoms with Gasteiger partial charge in [0.2, 0.25) is 0 Å². The molecule has 6 nitrogen and oxygen atoms in total. The van der Waals surface area contributed by atoms with E-state index in [2.05, 4.69) is 10.2 Å². The maximum atomic E-state index is 13.6. The monoisotopic (exact) mass is 390 g/mol. The number of morpholine rings is 1. The number of amides is 1. The molecule has 0 aromatic heterocycles. The highest BCUT2D eigenvalue weighted by Gasteiger charge is 2.24. The zero-order chi connectivity index (χ0) is 20.1. The van der Waals surface area contributed by atoms with E-state index in [1.54, 1.807) is 12.1 Å². The molecule has 1 aliphatic heterocycles. The first-order valence-corrected chi connectivity index (χ1v) is 8.84. The van der Waals surface area contributed by atoms with Gasteiger partial charge in [-0.3, -0.25) is 4.79 Å². The van der Waals surface area contributed by atoms with Gasteiger partial charge in [0.1, 0.15) is 17.2 Å². The summed E-state index contributed by atoms with van der Waals surface area (Å²) in [5.74, 6) is -3.93. The maximum Gasteiger partial charge on any atom is 0.344 e. The van der Waals surface area contributed by atoms with Crippen LogP contribution in [-0.2, 0) is 14.3 Å². The number of esters is 1. The number of nitrogens with zero attached hydrogens (tertiary/aromatic N) is 1. The standard InChI is InChI=1S/C20H20F2N2O4/c1-13(28-20(26)18-16(21)3-2-4-17(18)22)19(25)23-14-5-7-15(8-6-14)24-9-11-27-12-10-24/h2-8,13H,9-12H2,1H3,(H,23,25). The molecule has 2 aromatic rings. The number of carbonyl (C=O) groups excluding carboxylic acids is 2. The Morgan fingerprint density at radius 3 is 2.29 bits per heavy atom. The highest BCUT2D eigenvalue weighted by Crippen LogP contribution is 2.20. The van der Waals surface area contributed by atoms with Gasteiger partial charge in [-0.25, -0.2) is 13.6 Å². The van der Waals surface area contributed by atoms with Gasteiger partial charge in [-0.1, -0.05) is 6.07 Å². The molecule has 1 saturated heterocycles. The van der Waals surface area contributed by atoms with E-state index in [4.69, 9.17) is 9.47 Å². The summed E-state index contributed by atoms with van der Waals surface area (Å²) in [6, 6.07) is 10.2. The lowest BCUT2D eigenvalue weighted by atomic mass is 10.2. The number of nitrogens with one attached hydrogen (secondary N) is 1. The molecule has 1 atom stereocenters. The van der Waals surface area contributed by atoms with Gasteiger partial charge in [0, 0.05) is 24.5 Å². The van der Waals surface area contributed by atoms with Crippen molar-refractivity contribution in [1.29, 1.82) is 0 Å². The van der Waals surface area contributed by atoms with Crippen LogP contribution >= 0.6 is 0 Å². The molecule has 0 aliphatic carbocycles. The van der Waals surface area contributed by atoms with Gasteiger partial charge in [-0.15, -0.1) is 0 Å². The zero-order valence-corrected chi connectivity index (χ0v) is 15.3. The van der Waals surface area contributed by atoms with E-state index in [-0.39, 0.29) is 0 Å². The SMILES string of the molecule is CC(OC(=O)c1c(F)cccc1F)C(=O)Nc1ccc(N2CCOCC2)cc1. The second kappa shape index (κ2) is 8.79. The van der Waals surface area contributed by atoms with Gasteiger partial charge in [-0.05, 0) is 43.3 Å². The first-order chi connectivity index (χ1) is 13.5. The van der Waals surface area contributed by atoms with Crippen molar-refractivity contribution < 1.29 is 27.8 Å². The maximum absolute atomic E-state index is 13.6. The molecule has 0 bridgehead atoms. The van der Waals surface area contributed by atoms with Gasteiger partial charge >= 0.3 is 5.97 Å². The third-order valence-corrected chi connectivity index (χ3v) is 4.33. The van der Waals surface area contributed by atoms with Crippen LogP contribution in [0.15, 0.2) is 42.5 Å². The average Bonchev–Trinajstić information content (AvgIpc) is 2.69. The van der Waals surface area contributed by atoms with Crippen molar-refractivity contribution in [1.82, 2.24) is 0 Å². The van der Waals surface area contributed by atoms with Crippen LogP contribution in [0.4, 0.5) is 20.2 Å². The number of anilines is 2. The van der Waals surface area contributed by atoms with Crippen LogP contribution in [0.25, 0.3) is 0 Å². The number of hydrogen-bond donors (Lipinski definition) is 1. The minimum atomic E-state index is -1.24. The Morgan fingerprint density at radius 1 is 1.07 bits per heavy atom. The normalized spacial score (nSPS) is 15.0. The largest absolute Gasteiger partial charge is 0.449 e. The molecule has 1 heterocycles. The van der Waals surface area contributed by atoms with Crippen molar-refractivity contribution >= 4 is 23.3 Å². The van der Waals surface area contributed by atoms with Crippen LogP contribution in [0, 0.1) is 11.6 Å². The second-order valence-electron chi connectivity index (χ2n) is 6.28. The summed E-state index contributed by atoms with van der Waals surface area (Å²) in [5, 5.41) is 2.61. The van der Waals surface area contributed by atoms with E-state index in [0.717, 1.165) is 37.0 Å². The molecular formula is C20H20F2N2O4. The van der Waals surface area contributed by atoms with Gasteiger partial charge < -0.3 is 19.7 Å². The van der Waals surface area contributed by atoms with Gasteiger partial charge in [-0.2, -0.15) is 0 Å². The Morgan fingerprint density at radius 2 is 1.68 bits per heavy atom. The highest BCUT2D eigenvalue weighted by molar-refractivity contribution is 5.97. The minimum Gasteiger partial charge on any atom is -0.449 e. The first-order valence-electron chi connectivity index (χ1n) is 8.84. The Bertz CT molecular complexity index is 832. The summed E-state index contributed by atoms with van der Waals surface area (Å²) < 4.78 is 37.5. The molecule has 1 fully saturated rings. The molecule has 8 heteroatoms. The quantitative estimate of drug-likeness (QED) is 0.795. The zero-order valence-electron chi connectivity index (χ0n) is 15.3. The number of halogens is 2. The van der Waals surface area contributed by atoms with Crippen LogP contribution < -0.4 is 10.2 Å². The number of hydrogen-bond acceptors (Lipinski definition) is 5. The van der Waals surface area contributed by atoms with Crippen LogP contribution in [0.3, 0.4) is 0 Å². The molecule has 28 heavy (non-hydrogen) atoms. The van der Waals surface area contributed by atoms with Crippen molar-refractivity contribution in [2.45, 2.75) is 13.0 Å². The predicted octanol–water partition coefficient (Wildman–Crippen LogP) is 2.99. The predicted molar refractivity (Wildman–Crippen MR) is 99.3 cm³/mol. The topological polar surface area (TPSA) is 67.9 Å². The summed E-state index contributed by atoms with van der Waals surface area (Å²) in [6.45, 7) is 4.26. The van der Waals surface area contributed by atoms with E-state index >= 15 is 0 Å². The Hall–Kier alpha value is -3.00. The Balaban J connectivity index is 1.58. The van der Waals surface area contributed by atoms with Crippen LogP contribution in [0.5, 0.6) is 0 Å². The number of carbonyl (C=O) groups is 2. The van der Waals surface area contributed by atoms with Crippen molar-refractivity contribution in [2.24, 2.45) is 0 Å². The Labute approximate surface area is 161 Å². The van der Waals surface area contributed by atoms with E-state index in [1.165, 1.54) is 6.92 Å². The van der Waals surface area contributed by atoms with E-state index < -0.39 is 35.2 Å². The number of benzene rings is 2. The summed E-state index contributed by atoms with van der Waals surface area (Å²) in [7, 11) is 0. The molecule has 1 aliphatic rings. The molecule has 3 rings (SSSR count). The molecule has 1 unspecified atom stereocenters. The van der Waals surface area contributed by atoms with E-state index in [0.29, 0.717) is 18.9 Å². The van der Waals surface area contributed by atoms with Crippen molar-refractivity contribution in [3.8, 4) is 0 Å². The molecule has 1 N–H and O–H groups in total. The smallest absolute Gasteiger partial charge is 0.344 e. The Kier molecular flexibility index (Phi) is 6.20. The van der Waals surface area contributed by atoms with Gasteiger partial charge in [0.15, 0.2) is 6.10 Å². The highest BCUT2D eigenvalue weighted by atomic mass is 19.1. The molecular weight excluding hydrogens is 370 g/mol. The molecule has 0 spiro atoms. The first kappa shape index (κ1) is 19.8. The minimum absolute atomic E-state index is 0.516.